The van der Waals surface area contributed by atoms with Crippen molar-refractivity contribution in [1.82, 2.24) is 9.99 Å². The molecule has 0 aliphatic rings. The number of rotatable bonds is 8. The fourth-order valence-corrected chi connectivity index (χ4v) is 3.00. The zero-order chi connectivity index (χ0) is 20.8. The van der Waals surface area contributed by atoms with Gasteiger partial charge in [0.2, 0.25) is 5.91 Å². The topological polar surface area (TPSA) is 111 Å². The maximum Gasteiger partial charge on any atom is 0.262 e. The van der Waals surface area contributed by atoms with E-state index in [1.54, 1.807) is 31.0 Å². The van der Waals surface area contributed by atoms with E-state index in [1.807, 2.05) is 48.5 Å². The molecule has 0 saturated carbocycles. The smallest absolute Gasteiger partial charge is 0.262 e. The second kappa shape index (κ2) is 8.92. The number of hydrogen-bond acceptors (Lipinski definition) is 5. The van der Waals surface area contributed by atoms with Gasteiger partial charge in [-0.1, -0.05) is 30.3 Å². The van der Waals surface area contributed by atoms with Gasteiger partial charge in [-0.25, -0.2) is 5.43 Å². The molecule has 1 heterocycles. The summed E-state index contributed by atoms with van der Waals surface area (Å²) in [5, 5.41) is 8.07. The first-order valence-electron chi connectivity index (χ1n) is 9.08. The lowest BCUT2D eigenvalue weighted by Gasteiger charge is -2.15. The van der Waals surface area contributed by atoms with E-state index < -0.39 is 11.9 Å². The van der Waals surface area contributed by atoms with Crippen molar-refractivity contribution in [2.75, 3.05) is 12.4 Å². The summed E-state index contributed by atoms with van der Waals surface area (Å²) in [6.07, 6.45) is 3.33. The highest BCUT2D eigenvalue weighted by molar-refractivity contribution is 6.00. The van der Waals surface area contributed by atoms with Crippen LogP contribution in [-0.2, 0) is 16.1 Å². The Morgan fingerprint density at radius 3 is 2.69 bits per heavy atom. The number of ether oxygens (including phenoxy) is 1. The average molecular weight is 393 g/mol. The van der Waals surface area contributed by atoms with Crippen LogP contribution in [0, 0.1) is 0 Å². The van der Waals surface area contributed by atoms with Gasteiger partial charge in [0.05, 0.1) is 19.0 Å². The number of carbonyl (C=O) groups is 2. The first kappa shape index (κ1) is 19.9. The third-order valence-corrected chi connectivity index (χ3v) is 4.40. The second-order valence-electron chi connectivity index (χ2n) is 6.50. The zero-order valence-electron chi connectivity index (χ0n) is 16.3. The number of nitrogens with one attached hydrogen (secondary N) is 2. The highest BCUT2D eigenvalue weighted by Gasteiger charge is 2.14. The van der Waals surface area contributed by atoms with E-state index in [4.69, 9.17) is 10.5 Å². The summed E-state index contributed by atoms with van der Waals surface area (Å²) in [6, 6.07) is 14.4. The molecule has 0 aliphatic carbocycles. The van der Waals surface area contributed by atoms with Crippen molar-refractivity contribution in [3.05, 3.63) is 60.3 Å². The van der Waals surface area contributed by atoms with Crippen molar-refractivity contribution in [3.8, 4) is 5.75 Å². The van der Waals surface area contributed by atoms with Gasteiger partial charge in [0, 0.05) is 22.7 Å². The fourth-order valence-electron chi connectivity index (χ4n) is 3.00. The minimum absolute atomic E-state index is 0.0700. The van der Waals surface area contributed by atoms with Crippen LogP contribution < -0.4 is 21.2 Å². The van der Waals surface area contributed by atoms with E-state index in [2.05, 4.69) is 15.8 Å². The van der Waals surface area contributed by atoms with Crippen molar-refractivity contribution in [2.45, 2.75) is 19.5 Å². The molecular weight excluding hydrogens is 370 g/mol. The highest BCUT2D eigenvalue weighted by atomic mass is 16.5. The number of carbonyl (C=O) groups excluding carboxylic acids is 2. The van der Waals surface area contributed by atoms with Crippen molar-refractivity contribution in [1.29, 1.82) is 0 Å². The fraction of sp³-hybridized carbons (Fsp3) is 0.190. The third-order valence-electron chi connectivity index (χ3n) is 4.40. The van der Waals surface area contributed by atoms with Gasteiger partial charge in [-0.3, -0.25) is 9.59 Å². The molecule has 0 bridgehead atoms. The van der Waals surface area contributed by atoms with Crippen LogP contribution in [-0.4, -0.2) is 35.7 Å². The van der Waals surface area contributed by atoms with Gasteiger partial charge in [0.25, 0.3) is 5.91 Å². The SMILES string of the molecule is COc1ccccc1NC(C)C(=O)NN=Cc1cn(CC(N)=O)c2ccccc12. The first-order chi connectivity index (χ1) is 14.0. The van der Waals surface area contributed by atoms with Gasteiger partial charge in [-0.15, -0.1) is 0 Å². The van der Waals surface area contributed by atoms with E-state index >= 15 is 0 Å². The maximum atomic E-state index is 12.4. The number of fused-ring (bicyclic) bond motifs is 1. The monoisotopic (exact) mass is 393 g/mol. The van der Waals surface area contributed by atoms with Crippen LogP contribution in [0.4, 0.5) is 5.69 Å². The highest BCUT2D eigenvalue weighted by Crippen LogP contribution is 2.23. The third kappa shape index (κ3) is 4.73. The number of benzene rings is 2. The number of aromatic nitrogens is 1. The van der Waals surface area contributed by atoms with Crippen LogP contribution in [0.15, 0.2) is 59.8 Å². The molecule has 3 rings (SSSR count). The molecule has 8 nitrogen and oxygen atoms in total. The number of nitrogens with two attached hydrogens (primary N) is 1. The van der Waals surface area contributed by atoms with E-state index in [0.717, 1.165) is 22.2 Å². The summed E-state index contributed by atoms with van der Waals surface area (Å²) in [6.45, 7) is 1.80. The Morgan fingerprint density at radius 1 is 1.21 bits per heavy atom. The summed E-state index contributed by atoms with van der Waals surface area (Å²) in [7, 11) is 1.57. The van der Waals surface area contributed by atoms with Gasteiger partial charge in [-0.05, 0) is 25.1 Å². The molecule has 0 saturated heterocycles. The Balaban J connectivity index is 1.69. The van der Waals surface area contributed by atoms with Crippen LogP contribution in [0.3, 0.4) is 0 Å². The Hall–Kier alpha value is -3.81. The van der Waals surface area contributed by atoms with E-state index in [-0.39, 0.29) is 12.5 Å². The minimum Gasteiger partial charge on any atom is -0.495 e. The standard InChI is InChI=1S/C21H23N5O3/c1-14(24-17-8-4-6-10-19(17)29-2)21(28)25-23-11-15-12-26(13-20(22)27)18-9-5-3-7-16(15)18/h3-12,14,24H,13H2,1-2H3,(H2,22,27)(H,25,28). The molecule has 8 heteroatoms. The largest absolute Gasteiger partial charge is 0.495 e. The molecule has 0 radical (unpaired) electrons. The van der Waals surface area contributed by atoms with Gasteiger partial charge in [-0.2, -0.15) is 5.10 Å². The van der Waals surface area contributed by atoms with Gasteiger partial charge in [0.15, 0.2) is 0 Å². The molecule has 1 aromatic heterocycles. The van der Waals surface area contributed by atoms with E-state index in [0.29, 0.717) is 5.75 Å². The minimum atomic E-state index is -0.528. The Bertz CT molecular complexity index is 1060. The van der Waals surface area contributed by atoms with E-state index in [9.17, 15) is 9.59 Å². The van der Waals surface area contributed by atoms with Gasteiger partial charge < -0.3 is 20.4 Å². The number of primary amides is 1. The predicted octanol–water partition coefficient (Wildman–Crippen LogP) is 2.09. The Morgan fingerprint density at radius 2 is 1.93 bits per heavy atom. The molecular formula is C21H23N5O3. The molecule has 29 heavy (non-hydrogen) atoms. The number of anilines is 1. The Labute approximate surface area is 168 Å². The van der Waals surface area contributed by atoms with E-state index in [1.165, 1.54) is 0 Å². The van der Waals surface area contributed by atoms with Crippen molar-refractivity contribution < 1.29 is 14.3 Å². The van der Waals surface area contributed by atoms with Crippen molar-refractivity contribution in [2.24, 2.45) is 10.8 Å². The van der Waals surface area contributed by atoms with Crippen LogP contribution in [0.25, 0.3) is 10.9 Å². The molecule has 2 amide bonds. The lowest BCUT2D eigenvalue weighted by atomic mass is 10.2. The number of methoxy groups -OCH3 is 1. The molecule has 0 aliphatic heterocycles. The molecule has 150 valence electrons. The number of amides is 2. The number of para-hydroxylation sites is 3. The van der Waals surface area contributed by atoms with Crippen LogP contribution in [0.5, 0.6) is 5.75 Å². The first-order valence-corrected chi connectivity index (χ1v) is 9.08. The normalized spacial score (nSPS) is 12.1. The quantitative estimate of drug-likeness (QED) is 0.402. The predicted molar refractivity (Wildman–Crippen MR) is 113 cm³/mol. The van der Waals surface area contributed by atoms with Crippen LogP contribution >= 0.6 is 0 Å². The zero-order valence-corrected chi connectivity index (χ0v) is 16.3. The molecule has 3 aromatic rings. The van der Waals surface area contributed by atoms with Gasteiger partial charge >= 0.3 is 0 Å². The van der Waals surface area contributed by atoms with Gasteiger partial charge in [0.1, 0.15) is 18.3 Å². The molecule has 0 fully saturated rings. The summed E-state index contributed by atoms with van der Waals surface area (Å²) in [5.41, 5.74) is 10.2. The molecule has 1 atom stereocenters. The Kier molecular flexibility index (Phi) is 6.13. The molecule has 2 aromatic carbocycles. The summed E-state index contributed by atoms with van der Waals surface area (Å²) in [5.74, 6) is -0.0790. The van der Waals surface area contributed by atoms with Crippen LogP contribution in [0.1, 0.15) is 12.5 Å². The summed E-state index contributed by atoms with van der Waals surface area (Å²) in [4.78, 5) is 23.6. The maximum absolute atomic E-state index is 12.4. The lowest BCUT2D eigenvalue weighted by Crippen LogP contribution is -2.35. The average Bonchev–Trinajstić information content (AvgIpc) is 3.05. The molecule has 1 unspecified atom stereocenters. The van der Waals surface area contributed by atoms with Crippen molar-refractivity contribution in [3.63, 3.8) is 0 Å². The summed E-state index contributed by atoms with van der Waals surface area (Å²) < 4.78 is 7.03. The lowest BCUT2D eigenvalue weighted by molar-refractivity contribution is -0.121. The second-order valence-corrected chi connectivity index (χ2v) is 6.50. The van der Waals surface area contributed by atoms with Crippen molar-refractivity contribution >= 4 is 34.6 Å². The summed E-state index contributed by atoms with van der Waals surface area (Å²) >= 11 is 0. The van der Waals surface area contributed by atoms with Crippen LogP contribution in [0.2, 0.25) is 0 Å². The molecule has 0 spiro atoms. The number of nitrogens with zero attached hydrogens (tertiary/aromatic N) is 2. The molecule has 4 N–H and O–H groups in total. The number of hydrazone groups is 1. The number of hydrogen-bond donors (Lipinski definition) is 3.